The molecule has 130 valence electrons. The average molecular weight is 347 g/mol. The summed E-state index contributed by atoms with van der Waals surface area (Å²) >= 11 is 0. The molecule has 0 heterocycles. The number of aliphatic hydroxyl groups is 1. The van der Waals surface area contributed by atoms with Gasteiger partial charge in [0.05, 0.1) is 16.5 Å². The maximum Gasteiger partial charge on any atom is 0.241 e. The van der Waals surface area contributed by atoms with Crippen LogP contribution in [0.25, 0.3) is 0 Å². The van der Waals surface area contributed by atoms with E-state index in [2.05, 4.69) is 4.72 Å². The van der Waals surface area contributed by atoms with Gasteiger partial charge in [-0.25, -0.2) is 13.1 Å². The van der Waals surface area contributed by atoms with Crippen LogP contribution < -0.4 is 4.72 Å². The lowest BCUT2D eigenvalue weighted by atomic mass is 9.85. The van der Waals surface area contributed by atoms with Crippen LogP contribution in [0, 0.1) is 6.92 Å². The number of sulfonamides is 1. The molecule has 0 saturated carbocycles. The zero-order valence-corrected chi connectivity index (χ0v) is 15.2. The lowest BCUT2D eigenvalue weighted by molar-refractivity contribution is 0.000225. The summed E-state index contributed by atoms with van der Waals surface area (Å²) in [6.07, 6.45) is 0.888. The van der Waals surface area contributed by atoms with Crippen LogP contribution in [0.2, 0.25) is 0 Å². The first-order valence-corrected chi connectivity index (χ1v) is 9.67. The van der Waals surface area contributed by atoms with E-state index in [0.717, 1.165) is 11.1 Å². The van der Waals surface area contributed by atoms with E-state index in [-0.39, 0.29) is 4.90 Å². The van der Waals surface area contributed by atoms with Crippen LogP contribution >= 0.6 is 0 Å². The number of benzene rings is 2. The van der Waals surface area contributed by atoms with Crippen molar-refractivity contribution in [2.24, 2.45) is 0 Å². The maximum atomic E-state index is 12.8. The molecule has 0 aromatic heterocycles. The van der Waals surface area contributed by atoms with Crippen LogP contribution in [0.3, 0.4) is 0 Å². The molecule has 2 aromatic carbocycles. The first-order valence-electron chi connectivity index (χ1n) is 8.18. The number of hydrogen-bond donors (Lipinski definition) is 2. The van der Waals surface area contributed by atoms with E-state index >= 15 is 0 Å². The molecule has 4 nitrogen and oxygen atoms in total. The smallest absolute Gasteiger partial charge is 0.241 e. The van der Waals surface area contributed by atoms with Gasteiger partial charge in [-0.15, -0.1) is 0 Å². The minimum atomic E-state index is -3.74. The summed E-state index contributed by atoms with van der Waals surface area (Å²) in [5.74, 6) is 0. The Balaban J connectivity index is 2.43. The SMILES string of the molecule is CCC(O)(CC)C(NS(=O)(=O)c1ccc(C)cc1)c1ccccc1. The summed E-state index contributed by atoms with van der Waals surface area (Å²) < 4.78 is 28.3. The van der Waals surface area contributed by atoms with Gasteiger partial charge in [-0.1, -0.05) is 61.9 Å². The highest BCUT2D eigenvalue weighted by Crippen LogP contribution is 2.33. The van der Waals surface area contributed by atoms with E-state index in [1.165, 1.54) is 0 Å². The largest absolute Gasteiger partial charge is 0.388 e. The number of rotatable bonds is 7. The second kappa shape index (κ2) is 7.47. The molecule has 0 aliphatic carbocycles. The lowest BCUT2D eigenvalue weighted by Crippen LogP contribution is -2.45. The summed E-state index contributed by atoms with van der Waals surface area (Å²) in [6.45, 7) is 5.63. The van der Waals surface area contributed by atoms with E-state index in [1.54, 1.807) is 24.3 Å². The fourth-order valence-corrected chi connectivity index (χ4v) is 4.03. The van der Waals surface area contributed by atoms with Gasteiger partial charge in [0.2, 0.25) is 10.0 Å². The normalized spacial score (nSPS) is 13.7. The van der Waals surface area contributed by atoms with Crippen molar-refractivity contribution in [2.45, 2.75) is 50.2 Å². The average Bonchev–Trinajstić information content (AvgIpc) is 2.60. The second-order valence-corrected chi connectivity index (χ2v) is 7.80. The first kappa shape index (κ1) is 18.6. The molecule has 2 N–H and O–H groups in total. The Morgan fingerprint density at radius 2 is 1.54 bits per heavy atom. The summed E-state index contributed by atoms with van der Waals surface area (Å²) in [6, 6.07) is 15.2. The molecule has 2 rings (SSSR count). The van der Waals surface area contributed by atoms with E-state index < -0.39 is 21.7 Å². The summed E-state index contributed by atoms with van der Waals surface area (Å²) in [7, 11) is -3.74. The molecule has 1 atom stereocenters. The second-order valence-electron chi connectivity index (χ2n) is 6.09. The van der Waals surface area contributed by atoms with Crippen molar-refractivity contribution in [1.29, 1.82) is 0 Å². The number of aryl methyl sites for hydroxylation is 1. The van der Waals surface area contributed by atoms with Crippen molar-refractivity contribution < 1.29 is 13.5 Å². The molecule has 0 amide bonds. The number of hydrogen-bond acceptors (Lipinski definition) is 3. The first-order chi connectivity index (χ1) is 11.3. The third-order valence-electron chi connectivity index (χ3n) is 4.50. The monoisotopic (exact) mass is 347 g/mol. The highest BCUT2D eigenvalue weighted by atomic mass is 32.2. The Morgan fingerprint density at radius 1 is 1.00 bits per heavy atom. The standard InChI is InChI=1S/C19H25NO3S/c1-4-19(21,5-2)18(16-9-7-6-8-10-16)20-24(22,23)17-13-11-15(3)12-14-17/h6-14,18,20-21H,4-5H2,1-3H3. The summed E-state index contributed by atoms with van der Waals surface area (Å²) in [4.78, 5) is 0.198. The van der Waals surface area contributed by atoms with Crippen molar-refractivity contribution in [1.82, 2.24) is 4.72 Å². The van der Waals surface area contributed by atoms with Gasteiger partial charge in [0.25, 0.3) is 0 Å². The zero-order valence-electron chi connectivity index (χ0n) is 14.4. The van der Waals surface area contributed by atoms with Crippen LogP contribution in [-0.4, -0.2) is 19.1 Å². The Bertz CT molecular complexity index is 751. The molecule has 0 radical (unpaired) electrons. The third kappa shape index (κ3) is 4.04. The molecule has 0 aliphatic heterocycles. The van der Waals surface area contributed by atoms with Gasteiger partial charge in [0, 0.05) is 0 Å². The van der Waals surface area contributed by atoms with Crippen molar-refractivity contribution in [3.63, 3.8) is 0 Å². The van der Waals surface area contributed by atoms with Crippen LogP contribution in [0.4, 0.5) is 0 Å². The predicted octanol–water partition coefficient (Wildman–Crippen LogP) is 3.57. The lowest BCUT2D eigenvalue weighted by Gasteiger charge is -2.35. The van der Waals surface area contributed by atoms with Gasteiger partial charge in [-0.05, 0) is 37.5 Å². The zero-order chi connectivity index (χ0) is 17.8. The quantitative estimate of drug-likeness (QED) is 0.805. The molecule has 1 unspecified atom stereocenters. The molecule has 0 saturated heterocycles. The van der Waals surface area contributed by atoms with Crippen molar-refractivity contribution in [2.75, 3.05) is 0 Å². The van der Waals surface area contributed by atoms with E-state index in [0.29, 0.717) is 12.8 Å². The molecule has 0 spiro atoms. The van der Waals surface area contributed by atoms with Crippen molar-refractivity contribution >= 4 is 10.0 Å². The van der Waals surface area contributed by atoms with Gasteiger partial charge in [-0.2, -0.15) is 0 Å². The van der Waals surface area contributed by atoms with Crippen LogP contribution in [-0.2, 0) is 10.0 Å². The Morgan fingerprint density at radius 3 is 2.04 bits per heavy atom. The fraction of sp³-hybridized carbons (Fsp3) is 0.368. The van der Waals surface area contributed by atoms with E-state index in [9.17, 15) is 13.5 Å². The third-order valence-corrected chi connectivity index (χ3v) is 5.94. The molecular formula is C19H25NO3S. The van der Waals surface area contributed by atoms with Gasteiger partial charge >= 0.3 is 0 Å². The van der Waals surface area contributed by atoms with Gasteiger partial charge in [0.1, 0.15) is 0 Å². The molecule has 5 heteroatoms. The van der Waals surface area contributed by atoms with Crippen molar-refractivity contribution in [3.8, 4) is 0 Å². The topological polar surface area (TPSA) is 66.4 Å². The van der Waals surface area contributed by atoms with Crippen LogP contribution in [0.1, 0.15) is 43.9 Å². The Labute approximate surface area is 144 Å². The predicted molar refractivity (Wildman–Crippen MR) is 96.2 cm³/mol. The molecule has 0 bridgehead atoms. The fourth-order valence-electron chi connectivity index (χ4n) is 2.73. The molecule has 24 heavy (non-hydrogen) atoms. The maximum absolute atomic E-state index is 12.8. The van der Waals surface area contributed by atoms with E-state index in [4.69, 9.17) is 0 Å². The van der Waals surface area contributed by atoms with Crippen molar-refractivity contribution in [3.05, 3.63) is 65.7 Å². The number of nitrogens with one attached hydrogen (secondary N) is 1. The Hall–Kier alpha value is -1.69. The van der Waals surface area contributed by atoms with Crippen LogP contribution in [0.15, 0.2) is 59.5 Å². The van der Waals surface area contributed by atoms with Crippen LogP contribution in [0.5, 0.6) is 0 Å². The highest BCUT2D eigenvalue weighted by molar-refractivity contribution is 7.89. The minimum absolute atomic E-state index is 0.198. The summed E-state index contributed by atoms with van der Waals surface area (Å²) in [5, 5.41) is 11.0. The molecular weight excluding hydrogens is 322 g/mol. The minimum Gasteiger partial charge on any atom is -0.388 e. The van der Waals surface area contributed by atoms with Gasteiger partial charge in [-0.3, -0.25) is 0 Å². The van der Waals surface area contributed by atoms with E-state index in [1.807, 2.05) is 51.1 Å². The molecule has 2 aromatic rings. The van der Waals surface area contributed by atoms with Gasteiger partial charge < -0.3 is 5.11 Å². The van der Waals surface area contributed by atoms with Gasteiger partial charge in [0.15, 0.2) is 0 Å². The summed E-state index contributed by atoms with van der Waals surface area (Å²) in [5.41, 5.74) is 0.589. The molecule has 0 aliphatic rings. The highest BCUT2D eigenvalue weighted by Gasteiger charge is 2.37. The Kier molecular flexibility index (Phi) is 5.80. The molecule has 0 fully saturated rings.